The van der Waals surface area contributed by atoms with Crippen LogP contribution in [-0.2, 0) is 9.53 Å². The Bertz CT molecular complexity index is 1390. The van der Waals surface area contributed by atoms with Gasteiger partial charge in [-0.1, -0.05) is 18.2 Å². The summed E-state index contributed by atoms with van der Waals surface area (Å²) in [4.78, 5) is 36.5. The molecule has 2 amide bonds. The van der Waals surface area contributed by atoms with Gasteiger partial charge >= 0.3 is 5.97 Å². The van der Waals surface area contributed by atoms with Crippen molar-refractivity contribution < 1.29 is 27.9 Å². The number of amides is 2. The quantitative estimate of drug-likeness (QED) is 0.421. The Hall–Kier alpha value is -4.46. The van der Waals surface area contributed by atoms with E-state index in [0.717, 1.165) is 11.1 Å². The van der Waals surface area contributed by atoms with Crippen molar-refractivity contribution in [2.45, 2.75) is 0 Å². The van der Waals surface area contributed by atoms with Crippen LogP contribution in [0, 0.1) is 5.82 Å². The summed E-state index contributed by atoms with van der Waals surface area (Å²) in [7, 11) is 2.77. The molecule has 0 spiro atoms. The SMILES string of the molecule is CNC(=O)c1c(-c2ccc(F)cc2)oc2ccc(-c3cccc(C(=O)NCC(=O)OC)c3)cc12. The monoisotopic (exact) mass is 460 g/mol. The first-order valence-corrected chi connectivity index (χ1v) is 10.4. The van der Waals surface area contributed by atoms with Crippen LogP contribution in [0.15, 0.2) is 71.1 Å². The molecule has 0 saturated heterocycles. The number of nitrogens with one attached hydrogen (secondary N) is 2. The van der Waals surface area contributed by atoms with E-state index in [0.29, 0.717) is 33.4 Å². The number of carbonyl (C=O) groups is 3. The van der Waals surface area contributed by atoms with Gasteiger partial charge in [-0.3, -0.25) is 14.4 Å². The topological polar surface area (TPSA) is 97.6 Å². The lowest BCUT2D eigenvalue weighted by molar-refractivity contribution is -0.139. The first kappa shape index (κ1) is 22.7. The molecule has 3 aromatic carbocycles. The summed E-state index contributed by atoms with van der Waals surface area (Å²) < 4.78 is 23.9. The van der Waals surface area contributed by atoms with Crippen molar-refractivity contribution in [2.75, 3.05) is 20.7 Å². The second-order valence-corrected chi connectivity index (χ2v) is 7.44. The highest BCUT2D eigenvalue weighted by Crippen LogP contribution is 2.36. The third-order valence-corrected chi connectivity index (χ3v) is 5.33. The molecule has 0 unspecified atom stereocenters. The van der Waals surface area contributed by atoms with E-state index in [1.807, 2.05) is 18.2 Å². The smallest absolute Gasteiger partial charge is 0.325 e. The van der Waals surface area contributed by atoms with Crippen LogP contribution >= 0.6 is 0 Å². The molecule has 0 fully saturated rings. The zero-order valence-electron chi connectivity index (χ0n) is 18.5. The van der Waals surface area contributed by atoms with E-state index in [1.54, 1.807) is 36.4 Å². The van der Waals surface area contributed by atoms with Gasteiger partial charge in [0.25, 0.3) is 11.8 Å². The average Bonchev–Trinajstić information content (AvgIpc) is 3.25. The summed E-state index contributed by atoms with van der Waals surface area (Å²) in [5.74, 6) is -1.36. The highest BCUT2D eigenvalue weighted by molar-refractivity contribution is 6.11. The molecule has 34 heavy (non-hydrogen) atoms. The number of hydrogen-bond donors (Lipinski definition) is 2. The lowest BCUT2D eigenvalue weighted by Gasteiger charge is -2.07. The van der Waals surface area contributed by atoms with Crippen LogP contribution in [0.25, 0.3) is 33.4 Å². The Labute approximate surface area is 194 Å². The normalized spacial score (nSPS) is 10.7. The van der Waals surface area contributed by atoms with Gasteiger partial charge in [0.2, 0.25) is 0 Å². The van der Waals surface area contributed by atoms with Gasteiger partial charge in [0.15, 0.2) is 0 Å². The highest BCUT2D eigenvalue weighted by Gasteiger charge is 2.22. The Kier molecular flexibility index (Phi) is 6.40. The van der Waals surface area contributed by atoms with Gasteiger partial charge in [0.05, 0.1) is 12.7 Å². The van der Waals surface area contributed by atoms with Crippen molar-refractivity contribution in [3.63, 3.8) is 0 Å². The van der Waals surface area contributed by atoms with Crippen molar-refractivity contribution in [1.29, 1.82) is 0 Å². The van der Waals surface area contributed by atoms with Gasteiger partial charge in [-0.25, -0.2) is 4.39 Å². The number of methoxy groups -OCH3 is 1. The predicted octanol–water partition coefficient (Wildman–Crippen LogP) is 4.17. The third-order valence-electron chi connectivity index (χ3n) is 5.33. The number of benzene rings is 3. The van der Waals surface area contributed by atoms with Gasteiger partial charge in [-0.05, 0) is 59.7 Å². The maximum atomic E-state index is 13.4. The molecule has 4 rings (SSSR count). The number of ether oxygens (including phenoxy) is 1. The maximum Gasteiger partial charge on any atom is 0.325 e. The molecule has 0 bridgehead atoms. The minimum Gasteiger partial charge on any atom is -0.468 e. The minimum atomic E-state index is -0.548. The van der Waals surface area contributed by atoms with Gasteiger partial charge in [-0.15, -0.1) is 0 Å². The van der Waals surface area contributed by atoms with E-state index in [4.69, 9.17) is 4.42 Å². The molecule has 7 nitrogen and oxygen atoms in total. The van der Waals surface area contributed by atoms with Crippen molar-refractivity contribution >= 4 is 28.8 Å². The highest BCUT2D eigenvalue weighted by atomic mass is 19.1. The molecular formula is C26H21FN2O5. The van der Waals surface area contributed by atoms with Gasteiger partial charge in [0.1, 0.15) is 23.7 Å². The molecule has 0 atom stereocenters. The molecule has 1 heterocycles. The molecule has 2 N–H and O–H groups in total. The van der Waals surface area contributed by atoms with Crippen molar-refractivity contribution in [3.8, 4) is 22.5 Å². The number of rotatable bonds is 6. The van der Waals surface area contributed by atoms with Crippen molar-refractivity contribution in [2.24, 2.45) is 0 Å². The lowest BCUT2D eigenvalue weighted by atomic mass is 9.99. The van der Waals surface area contributed by atoms with Crippen LogP contribution < -0.4 is 10.6 Å². The van der Waals surface area contributed by atoms with Gasteiger partial charge in [0, 0.05) is 23.6 Å². The number of furan rings is 1. The standard InChI is InChI=1S/C26H21FN2O5/c1-28-26(32)23-20-13-17(8-11-21(20)34-24(23)15-6-9-19(27)10-7-15)16-4-3-5-18(12-16)25(31)29-14-22(30)33-2/h3-13H,14H2,1-2H3,(H,28,32)(H,29,31). The van der Waals surface area contributed by atoms with E-state index in [9.17, 15) is 18.8 Å². The number of esters is 1. The first-order valence-electron chi connectivity index (χ1n) is 10.4. The average molecular weight is 460 g/mol. The molecule has 0 saturated carbocycles. The van der Waals surface area contributed by atoms with Crippen LogP contribution in [-0.4, -0.2) is 38.5 Å². The molecule has 0 aliphatic heterocycles. The minimum absolute atomic E-state index is 0.234. The van der Waals surface area contributed by atoms with E-state index < -0.39 is 11.9 Å². The summed E-state index contributed by atoms with van der Waals surface area (Å²) in [5, 5.41) is 5.72. The molecule has 0 aliphatic rings. The summed E-state index contributed by atoms with van der Waals surface area (Å²) in [5.41, 5.74) is 3.26. The van der Waals surface area contributed by atoms with Gasteiger partial charge < -0.3 is 19.8 Å². The number of carbonyl (C=O) groups excluding carboxylic acids is 3. The Morgan fingerprint density at radius 3 is 2.32 bits per heavy atom. The largest absolute Gasteiger partial charge is 0.468 e. The number of hydrogen-bond acceptors (Lipinski definition) is 5. The summed E-state index contributed by atoms with van der Waals surface area (Å²) in [6.07, 6.45) is 0. The molecule has 172 valence electrons. The van der Waals surface area contributed by atoms with Gasteiger partial charge in [-0.2, -0.15) is 0 Å². The summed E-state index contributed by atoms with van der Waals surface area (Å²) in [6, 6.07) is 18.0. The van der Waals surface area contributed by atoms with E-state index in [2.05, 4.69) is 15.4 Å². The molecule has 0 aliphatic carbocycles. The van der Waals surface area contributed by atoms with Crippen LogP contribution in [0.5, 0.6) is 0 Å². The lowest BCUT2D eigenvalue weighted by Crippen LogP contribution is -2.30. The van der Waals surface area contributed by atoms with E-state index in [1.165, 1.54) is 26.3 Å². The second-order valence-electron chi connectivity index (χ2n) is 7.44. The molecule has 4 aromatic rings. The maximum absolute atomic E-state index is 13.4. The van der Waals surface area contributed by atoms with Crippen LogP contribution in [0.2, 0.25) is 0 Å². The first-order chi connectivity index (χ1) is 16.4. The van der Waals surface area contributed by atoms with Crippen molar-refractivity contribution in [3.05, 3.63) is 83.7 Å². The second kappa shape index (κ2) is 9.58. The molecule has 0 radical (unpaired) electrons. The van der Waals surface area contributed by atoms with Crippen LogP contribution in [0.1, 0.15) is 20.7 Å². The molecule has 1 aromatic heterocycles. The number of fused-ring (bicyclic) bond motifs is 1. The summed E-state index contributed by atoms with van der Waals surface area (Å²) >= 11 is 0. The molecular weight excluding hydrogens is 439 g/mol. The Morgan fingerprint density at radius 1 is 0.912 bits per heavy atom. The fourth-order valence-electron chi connectivity index (χ4n) is 3.60. The van der Waals surface area contributed by atoms with Crippen LogP contribution in [0.3, 0.4) is 0 Å². The number of halogens is 1. The fraction of sp³-hybridized carbons (Fsp3) is 0.115. The van der Waals surface area contributed by atoms with E-state index in [-0.39, 0.29) is 18.3 Å². The van der Waals surface area contributed by atoms with E-state index >= 15 is 0 Å². The molecule has 8 heteroatoms. The zero-order valence-corrected chi connectivity index (χ0v) is 18.5. The zero-order chi connectivity index (χ0) is 24.2. The Balaban J connectivity index is 1.75. The Morgan fingerprint density at radius 2 is 1.62 bits per heavy atom. The predicted molar refractivity (Wildman–Crippen MR) is 125 cm³/mol. The summed E-state index contributed by atoms with van der Waals surface area (Å²) in [6.45, 7) is -0.234. The van der Waals surface area contributed by atoms with Crippen LogP contribution in [0.4, 0.5) is 4.39 Å². The fourth-order valence-corrected chi connectivity index (χ4v) is 3.60. The van der Waals surface area contributed by atoms with Crippen molar-refractivity contribution in [1.82, 2.24) is 10.6 Å². The third kappa shape index (κ3) is 4.52.